The highest BCUT2D eigenvalue weighted by atomic mass is 32.2. The molecule has 34 heavy (non-hydrogen) atoms. The van der Waals surface area contributed by atoms with E-state index in [1.807, 2.05) is 41.0 Å². The third-order valence-electron chi connectivity index (χ3n) is 5.89. The van der Waals surface area contributed by atoms with Crippen molar-refractivity contribution in [1.82, 2.24) is 20.1 Å². The Hall–Kier alpha value is -3.52. The molecular formula is C26H27N5O2S. The summed E-state index contributed by atoms with van der Waals surface area (Å²) in [5.74, 6) is 1.53. The zero-order valence-electron chi connectivity index (χ0n) is 18.9. The second kappa shape index (κ2) is 10.6. The van der Waals surface area contributed by atoms with Gasteiger partial charge in [-0.1, -0.05) is 60.3 Å². The number of amides is 1. The number of para-hydroxylation sites is 1. The van der Waals surface area contributed by atoms with Gasteiger partial charge in [-0.3, -0.25) is 9.36 Å². The minimum absolute atomic E-state index is 0.0324. The van der Waals surface area contributed by atoms with Gasteiger partial charge in [0.2, 0.25) is 11.7 Å². The number of rotatable bonds is 9. The Bertz CT molecular complexity index is 1220. The Morgan fingerprint density at radius 1 is 0.971 bits per heavy atom. The minimum atomic E-state index is -0.0324. The van der Waals surface area contributed by atoms with Crippen LogP contribution in [0.3, 0.4) is 0 Å². The summed E-state index contributed by atoms with van der Waals surface area (Å²) in [6, 6.07) is 22.1. The molecule has 0 bridgehead atoms. The molecule has 7 nitrogen and oxygen atoms in total. The lowest BCUT2D eigenvalue weighted by atomic mass is 10.1. The van der Waals surface area contributed by atoms with Crippen molar-refractivity contribution in [3.8, 4) is 11.6 Å². The number of nitrogens with one attached hydrogen (secondary N) is 1. The Labute approximate surface area is 203 Å². The van der Waals surface area contributed by atoms with Crippen molar-refractivity contribution in [2.45, 2.75) is 31.1 Å². The Morgan fingerprint density at radius 2 is 1.76 bits per heavy atom. The smallest absolute Gasteiger partial charge is 0.230 e. The van der Waals surface area contributed by atoms with E-state index in [1.165, 1.54) is 30.3 Å². The number of hydrogen-bond acceptors (Lipinski definition) is 6. The molecule has 1 aliphatic heterocycles. The lowest BCUT2D eigenvalue weighted by Gasteiger charge is -2.21. The predicted molar refractivity (Wildman–Crippen MR) is 134 cm³/mol. The van der Waals surface area contributed by atoms with E-state index >= 15 is 0 Å². The van der Waals surface area contributed by atoms with Crippen LogP contribution in [-0.4, -0.2) is 39.5 Å². The predicted octanol–water partition coefficient (Wildman–Crippen LogP) is 4.60. The summed E-state index contributed by atoms with van der Waals surface area (Å²) in [6.07, 6.45) is 4.07. The van der Waals surface area contributed by atoms with Gasteiger partial charge >= 0.3 is 0 Å². The van der Waals surface area contributed by atoms with Gasteiger partial charge in [0, 0.05) is 25.3 Å². The van der Waals surface area contributed by atoms with Gasteiger partial charge < -0.3 is 14.6 Å². The molecule has 8 heteroatoms. The van der Waals surface area contributed by atoms with Crippen molar-refractivity contribution < 1.29 is 9.21 Å². The third kappa shape index (κ3) is 5.17. The van der Waals surface area contributed by atoms with Gasteiger partial charge in [-0.25, -0.2) is 0 Å². The molecule has 2 aromatic carbocycles. The first-order valence-electron chi connectivity index (χ1n) is 11.5. The molecule has 1 aliphatic rings. The number of aromatic nitrogens is 3. The molecule has 1 N–H and O–H groups in total. The van der Waals surface area contributed by atoms with Crippen LogP contribution in [0.1, 0.15) is 24.0 Å². The van der Waals surface area contributed by atoms with E-state index in [4.69, 9.17) is 4.42 Å². The van der Waals surface area contributed by atoms with E-state index in [2.05, 4.69) is 50.7 Å². The van der Waals surface area contributed by atoms with Crippen LogP contribution >= 0.6 is 11.8 Å². The summed E-state index contributed by atoms with van der Waals surface area (Å²) in [5, 5.41) is 12.5. The van der Waals surface area contributed by atoms with E-state index in [-0.39, 0.29) is 11.7 Å². The standard InChI is InChI=1S/C26H27N5O2S/c32-24(27-17-21-11-4-5-12-22(21)30-14-6-7-15-30)19-34-26-29-28-25(23-13-8-16-33-23)31(26)18-20-9-2-1-3-10-20/h1-5,8-13,16H,6-7,14-15,17-19H2,(H,27,32). The minimum Gasteiger partial charge on any atom is -0.461 e. The summed E-state index contributed by atoms with van der Waals surface area (Å²) >= 11 is 1.38. The van der Waals surface area contributed by atoms with E-state index in [1.54, 1.807) is 6.26 Å². The third-order valence-corrected chi connectivity index (χ3v) is 6.86. The Balaban J connectivity index is 1.25. The second-order valence-electron chi connectivity index (χ2n) is 8.24. The average molecular weight is 474 g/mol. The van der Waals surface area contributed by atoms with Gasteiger partial charge in [-0.05, 0) is 42.2 Å². The summed E-state index contributed by atoms with van der Waals surface area (Å²) < 4.78 is 7.56. The Kier molecular flexibility index (Phi) is 6.95. The van der Waals surface area contributed by atoms with Gasteiger partial charge in [0.15, 0.2) is 10.9 Å². The number of carbonyl (C=O) groups excluding carboxylic acids is 1. The SMILES string of the molecule is O=C(CSc1nnc(-c2ccco2)n1Cc1ccccc1)NCc1ccccc1N1CCCC1. The molecule has 2 aromatic heterocycles. The van der Waals surface area contributed by atoms with Crippen molar-refractivity contribution in [2.24, 2.45) is 0 Å². The number of thioether (sulfide) groups is 1. The van der Waals surface area contributed by atoms with Crippen LogP contribution in [0.4, 0.5) is 5.69 Å². The molecule has 0 atom stereocenters. The van der Waals surface area contributed by atoms with Crippen LogP contribution < -0.4 is 10.2 Å². The van der Waals surface area contributed by atoms with Crippen LogP contribution in [0, 0.1) is 0 Å². The highest BCUT2D eigenvalue weighted by molar-refractivity contribution is 7.99. The fourth-order valence-corrected chi connectivity index (χ4v) is 4.96. The van der Waals surface area contributed by atoms with Gasteiger partial charge in [0.05, 0.1) is 18.6 Å². The lowest BCUT2D eigenvalue weighted by Crippen LogP contribution is -2.27. The number of furan rings is 1. The molecule has 4 aromatic rings. The topological polar surface area (TPSA) is 76.2 Å². The van der Waals surface area contributed by atoms with Crippen LogP contribution in [0.25, 0.3) is 11.6 Å². The fourth-order valence-electron chi connectivity index (χ4n) is 4.19. The van der Waals surface area contributed by atoms with Crippen molar-refractivity contribution >= 4 is 23.4 Å². The van der Waals surface area contributed by atoms with E-state index in [0.717, 1.165) is 24.2 Å². The van der Waals surface area contributed by atoms with Crippen molar-refractivity contribution in [2.75, 3.05) is 23.7 Å². The molecule has 1 saturated heterocycles. The summed E-state index contributed by atoms with van der Waals surface area (Å²) in [7, 11) is 0. The van der Waals surface area contributed by atoms with E-state index in [0.29, 0.717) is 29.8 Å². The molecule has 0 unspecified atom stereocenters. The number of benzene rings is 2. The molecule has 3 heterocycles. The highest BCUT2D eigenvalue weighted by Crippen LogP contribution is 2.26. The van der Waals surface area contributed by atoms with E-state index < -0.39 is 0 Å². The van der Waals surface area contributed by atoms with Crippen molar-refractivity contribution in [1.29, 1.82) is 0 Å². The summed E-state index contributed by atoms with van der Waals surface area (Å²) in [6.45, 7) is 3.27. The second-order valence-corrected chi connectivity index (χ2v) is 9.19. The van der Waals surface area contributed by atoms with Crippen LogP contribution in [0.15, 0.2) is 82.6 Å². The lowest BCUT2D eigenvalue weighted by molar-refractivity contribution is -0.118. The van der Waals surface area contributed by atoms with Crippen LogP contribution in [0.5, 0.6) is 0 Å². The van der Waals surface area contributed by atoms with Crippen LogP contribution in [-0.2, 0) is 17.9 Å². The molecule has 174 valence electrons. The maximum absolute atomic E-state index is 12.7. The van der Waals surface area contributed by atoms with E-state index in [9.17, 15) is 4.79 Å². The molecule has 0 radical (unpaired) electrons. The monoisotopic (exact) mass is 473 g/mol. The molecule has 1 fully saturated rings. The quantitative estimate of drug-likeness (QED) is 0.358. The molecule has 0 aliphatic carbocycles. The van der Waals surface area contributed by atoms with Crippen LogP contribution in [0.2, 0.25) is 0 Å². The van der Waals surface area contributed by atoms with Gasteiger partial charge in [-0.2, -0.15) is 0 Å². The maximum Gasteiger partial charge on any atom is 0.230 e. The number of carbonyl (C=O) groups is 1. The fraction of sp³-hybridized carbons (Fsp3) is 0.269. The normalized spacial score (nSPS) is 13.4. The summed E-state index contributed by atoms with van der Waals surface area (Å²) in [5.41, 5.74) is 3.49. The zero-order chi connectivity index (χ0) is 23.2. The molecular weight excluding hydrogens is 446 g/mol. The van der Waals surface area contributed by atoms with Crippen molar-refractivity contribution in [3.05, 3.63) is 84.1 Å². The Morgan fingerprint density at radius 3 is 2.56 bits per heavy atom. The van der Waals surface area contributed by atoms with Crippen molar-refractivity contribution in [3.63, 3.8) is 0 Å². The van der Waals surface area contributed by atoms with Gasteiger partial charge in [0.25, 0.3) is 0 Å². The first kappa shape index (κ1) is 22.3. The number of hydrogen-bond donors (Lipinski definition) is 1. The zero-order valence-corrected chi connectivity index (χ0v) is 19.7. The largest absolute Gasteiger partial charge is 0.461 e. The first-order valence-corrected chi connectivity index (χ1v) is 12.5. The molecule has 1 amide bonds. The maximum atomic E-state index is 12.7. The van der Waals surface area contributed by atoms with Gasteiger partial charge in [0.1, 0.15) is 0 Å². The highest BCUT2D eigenvalue weighted by Gasteiger charge is 2.19. The molecule has 0 saturated carbocycles. The van der Waals surface area contributed by atoms with Gasteiger partial charge in [-0.15, -0.1) is 10.2 Å². The first-order chi connectivity index (χ1) is 16.8. The molecule has 0 spiro atoms. The summed E-state index contributed by atoms with van der Waals surface area (Å²) in [4.78, 5) is 15.1. The average Bonchev–Trinajstić information content (AvgIpc) is 3.65. The number of anilines is 1. The molecule has 5 rings (SSSR count). The number of nitrogens with zero attached hydrogens (tertiary/aromatic N) is 4.